The summed E-state index contributed by atoms with van der Waals surface area (Å²) >= 11 is 0. The molecule has 0 saturated heterocycles. The van der Waals surface area contributed by atoms with Crippen LogP contribution in [0.1, 0.15) is 73.9 Å². The Balaban J connectivity index is 0.000000415. The molecule has 3 aromatic carbocycles. The molecule has 2 aromatic heterocycles. The number of carbonyl (C=O) groups is 4. The molecule has 0 aliphatic rings. The molecule has 0 saturated carbocycles. The van der Waals surface area contributed by atoms with Crippen LogP contribution in [-0.4, -0.2) is 73.4 Å². The van der Waals surface area contributed by atoms with E-state index in [4.69, 9.17) is 21.0 Å². The van der Waals surface area contributed by atoms with E-state index in [9.17, 15) is 41.9 Å². The summed E-state index contributed by atoms with van der Waals surface area (Å²) in [6.07, 6.45) is 3.42. The fourth-order valence-electron chi connectivity index (χ4n) is 4.58. The number of aryl methyl sites for hydroxylation is 2. The van der Waals surface area contributed by atoms with Gasteiger partial charge in [-0.15, -0.1) is 0 Å². The number of aromatic carboxylic acids is 1. The van der Waals surface area contributed by atoms with Crippen molar-refractivity contribution < 1.29 is 51.7 Å². The molecule has 0 aliphatic heterocycles. The summed E-state index contributed by atoms with van der Waals surface area (Å²) in [7, 11) is 0. The van der Waals surface area contributed by atoms with E-state index in [2.05, 4.69) is 19.4 Å². The third-order valence-corrected chi connectivity index (χ3v) is 7.53. The summed E-state index contributed by atoms with van der Waals surface area (Å²) < 4.78 is 54.2. The summed E-state index contributed by atoms with van der Waals surface area (Å²) in [6, 6.07) is 16.3. The van der Waals surface area contributed by atoms with E-state index in [0.717, 1.165) is 17.0 Å². The highest BCUT2D eigenvalue weighted by atomic mass is 19.1. The summed E-state index contributed by atoms with van der Waals surface area (Å²) in [4.78, 5) is 76.1. The lowest BCUT2D eigenvalue weighted by Crippen LogP contribution is -2.27. The second kappa shape index (κ2) is 27.2. The first-order valence-electron chi connectivity index (χ1n) is 18.8. The van der Waals surface area contributed by atoms with E-state index in [1.807, 2.05) is 6.92 Å². The zero-order chi connectivity index (χ0) is 47.8. The van der Waals surface area contributed by atoms with E-state index in [1.54, 1.807) is 34.6 Å². The Kier molecular flexibility index (Phi) is 23.0. The van der Waals surface area contributed by atoms with Crippen molar-refractivity contribution in [3.63, 3.8) is 0 Å². The Hall–Kier alpha value is -7.70. The first kappa shape index (κ1) is 53.3. The number of carbonyl (C=O) groups excluding carboxylic acids is 3. The molecular weight excluding hydrogens is 830 g/mol. The lowest BCUT2D eigenvalue weighted by Gasteiger charge is -2.09. The first-order chi connectivity index (χ1) is 29.7. The number of anilines is 1. The molecule has 2 heterocycles. The first-order valence-corrected chi connectivity index (χ1v) is 18.8. The van der Waals surface area contributed by atoms with Gasteiger partial charge in [-0.2, -0.15) is 0 Å². The standard InChI is InChI=1S/C13H11FN2O2.C12H9FN2O3.C9H14O4.C6H6FN.C4H9NO/c1-8(17)12-7-15-9(2)16(13(12)18)11-5-3-10(14)4-6-11;1-7-14-6-10(12(17)18)11(16)15(7)9-4-2-8(13)3-5-9;1-4-12-6-8(7(3)10)9(11)13-5-2;7-5-1-3-6(8)4-2-5;1-3-6-4(2)5/h3-7H,1-2H3;2-6H,1H3,(H,17,18);6H,4-5H2,1-3H3;1-4H,8H2;5H,3H2,1-2H3/b;;8-6-;;. The minimum Gasteiger partial charge on any atom is -0.500 e. The molecule has 5 aromatic rings. The zero-order valence-electron chi connectivity index (χ0n) is 35.9. The van der Waals surface area contributed by atoms with Crippen LogP contribution in [0.15, 0.2) is 107 Å². The van der Waals surface area contributed by atoms with Crippen molar-refractivity contribution in [3.05, 3.63) is 158 Å². The number of Topliss-reactive ketones (excluding diaryl/α,β-unsaturated/α-hetero) is 2. The van der Waals surface area contributed by atoms with Crippen LogP contribution in [-0.2, 0) is 23.8 Å². The van der Waals surface area contributed by atoms with Gasteiger partial charge in [-0.1, -0.05) is 0 Å². The largest absolute Gasteiger partial charge is 0.500 e. The zero-order valence-corrected chi connectivity index (χ0v) is 35.9. The number of rotatable bonds is 10. The average Bonchev–Trinajstić information content (AvgIpc) is 3.21. The number of nitrogens with zero attached hydrogens (tertiary/aromatic N) is 4. The summed E-state index contributed by atoms with van der Waals surface area (Å²) in [5.74, 6) is -2.70. The van der Waals surface area contributed by atoms with Crippen molar-refractivity contribution in [1.82, 2.24) is 19.1 Å². The molecule has 5 rings (SSSR count). The van der Waals surface area contributed by atoms with Gasteiger partial charge in [-0.25, -0.2) is 32.7 Å². The van der Waals surface area contributed by atoms with Crippen LogP contribution in [0.25, 0.3) is 11.4 Å². The van der Waals surface area contributed by atoms with Gasteiger partial charge in [0.25, 0.3) is 11.1 Å². The number of nitrogen functional groups attached to an aromatic ring is 1. The Morgan fingerprint density at radius 1 is 0.683 bits per heavy atom. The molecule has 19 heteroatoms. The molecular formula is C44H49F3N6O10. The maximum Gasteiger partial charge on any atom is 0.344 e. The van der Waals surface area contributed by atoms with Gasteiger partial charge >= 0.3 is 11.9 Å². The Labute approximate surface area is 360 Å². The molecule has 0 amide bonds. The SMILES string of the molecule is CC(=O)c1cnc(C)n(-c2ccc(F)cc2)c1=O.CCO/C=C(/C(C)=O)C(=O)OCC.CCOC(C)=N.Cc1ncc(C(=O)O)c(=O)n1-c1ccc(F)cc1.Nc1ccc(F)cc1. The van der Waals surface area contributed by atoms with Crippen LogP contribution in [0, 0.1) is 36.7 Å². The van der Waals surface area contributed by atoms with Gasteiger partial charge in [0, 0.05) is 25.0 Å². The molecule has 0 radical (unpaired) electrons. The minimum absolute atomic E-state index is 0.0184. The fourth-order valence-corrected chi connectivity index (χ4v) is 4.58. The summed E-state index contributed by atoms with van der Waals surface area (Å²) in [6.45, 7) is 14.0. The Morgan fingerprint density at radius 3 is 1.40 bits per heavy atom. The van der Waals surface area contributed by atoms with Crippen molar-refractivity contribution >= 4 is 35.1 Å². The Morgan fingerprint density at radius 2 is 1.08 bits per heavy atom. The minimum atomic E-state index is -1.34. The van der Waals surface area contributed by atoms with Crippen LogP contribution >= 0.6 is 0 Å². The number of aromatic nitrogens is 4. The molecule has 0 fully saturated rings. The quantitative estimate of drug-likeness (QED) is 0.0152. The number of hydrogen-bond acceptors (Lipinski definition) is 13. The lowest BCUT2D eigenvalue weighted by atomic mass is 10.2. The number of ketones is 2. The van der Waals surface area contributed by atoms with E-state index in [1.165, 1.54) is 97.4 Å². The van der Waals surface area contributed by atoms with Crippen molar-refractivity contribution in [2.45, 2.75) is 55.4 Å². The van der Waals surface area contributed by atoms with Crippen LogP contribution in [0.3, 0.4) is 0 Å². The molecule has 336 valence electrons. The van der Waals surface area contributed by atoms with Crippen molar-refractivity contribution in [3.8, 4) is 11.4 Å². The van der Waals surface area contributed by atoms with Gasteiger partial charge in [0.2, 0.25) is 0 Å². The number of nitrogens with one attached hydrogen (secondary N) is 1. The number of ether oxygens (including phenoxy) is 3. The van der Waals surface area contributed by atoms with E-state index in [-0.39, 0.29) is 46.8 Å². The average molecular weight is 879 g/mol. The highest BCUT2D eigenvalue weighted by molar-refractivity contribution is 6.16. The summed E-state index contributed by atoms with van der Waals surface area (Å²) in [5, 5.41) is 15.5. The van der Waals surface area contributed by atoms with E-state index in [0.29, 0.717) is 41.9 Å². The molecule has 0 bridgehead atoms. The molecule has 16 nitrogen and oxygen atoms in total. The molecule has 4 N–H and O–H groups in total. The maximum absolute atomic E-state index is 12.9. The van der Waals surface area contributed by atoms with Crippen LogP contribution in [0.5, 0.6) is 0 Å². The molecule has 0 unspecified atom stereocenters. The lowest BCUT2D eigenvalue weighted by molar-refractivity contribution is -0.140. The normalized spacial score (nSPS) is 10.0. The molecule has 63 heavy (non-hydrogen) atoms. The maximum atomic E-state index is 12.9. The second-order valence-electron chi connectivity index (χ2n) is 12.3. The van der Waals surface area contributed by atoms with E-state index >= 15 is 0 Å². The molecule has 0 atom stereocenters. The van der Waals surface area contributed by atoms with Gasteiger partial charge in [-0.05, 0) is 121 Å². The van der Waals surface area contributed by atoms with Crippen LogP contribution < -0.4 is 16.9 Å². The summed E-state index contributed by atoms with van der Waals surface area (Å²) in [5.41, 5.74) is 5.10. The molecule has 0 aliphatic carbocycles. The third-order valence-electron chi connectivity index (χ3n) is 7.53. The highest BCUT2D eigenvalue weighted by Crippen LogP contribution is 2.11. The van der Waals surface area contributed by atoms with Crippen LogP contribution in [0.4, 0.5) is 18.9 Å². The van der Waals surface area contributed by atoms with Crippen molar-refractivity contribution in [2.75, 3.05) is 25.6 Å². The van der Waals surface area contributed by atoms with Gasteiger partial charge in [-0.3, -0.25) is 33.7 Å². The number of halogens is 3. The van der Waals surface area contributed by atoms with Crippen molar-refractivity contribution in [1.29, 1.82) is 5.41 Å². The number of nitrogens with two attached hydrogens (primary N) is 1. The second-order valence-corrected chi connectivity index (χ2v) is 12.3. The third kappa shape index (κ3) is 18.2. The number of benzene rings is 3. The number of esters is 1. The fraction of sp³-hybridized carbons (Fsp3) is 0.250. The smallest absolute Gasteiger partial charge is 0.344 e. The van der Waals surface area contributed by atoms with Crippen LogP contribution in [0.2, 0.25) is 0 Å². The topological polar surface area (TPSA) is 236 Å². The van der Waals surface area contributed by atoms with Gasteiger partial charge in [0.05, 0.1) is 31.2 Å². The highest BCUT2D eigenvalue weighted by Gasteiger charge is 2.17. The number of hydrogen-bond donors (Lipinski definition) is 3. The van der Waals surface area contributed by atoms with E-state index < -0.39 is 34.4 Å². The monoisotopic (exact) mass is 878 g/mol. The molecule has 0 spiro atoms. The van der Waals surface area contributed by atoms with Crippen molar-refractivity contribution in [2.24, 2.45) is 0 Å². The number of carboxylic acids is 1. The Bertz CT molecular complexity index is 2330. The van der Waals surface area contributed by atoms with Gasteiger partial charge < -0.3 is 25.1 Å². The van der Waals surface area contributed by atoms with Gasteiger partial charge in [0.1, 0.15) is 52.1 Å². The predicted octanol–water partition coefficient (Wildman–Crippen LogP) is 6.75. The number of carboxylic acid groups (broad SMARTS) is 1. The predicted molar refractivity (Wildman–Crippen MR) is 229 cm³/mol. The van der Waals surface area contributed by atoms with Gasteiger partial charge in [0.15, 0.2) is 17.5 Å².